The van der Waals surface area contributed by atoms with Crippen LogP contribution < -0.4 is 10.1 Å². The summed E-state index contributed by atoms with van der Waals surface area (Å²) in [6.45, 7) is 12.8. The molecule has 0 radical (unpaired) electrons. The smallest absolute Gasteiger partial charge is 0.412 e. The van der Waals surface area contributed by atoms with Crippen molar-refractivity contribution in [2.75, 3.05) is 18.5 Å². The minimum Gasteiger partial charge on any atom is -0.490 e. The second-order valence-corrected chi connectivity index (χ2v) is 6.71. The Morgan fingerprint density at radius 3 is 2.50 bits per heavy atom. The molecule has 1 aromatic carbocycles. The maximum Gasteiger partial charge on any atom is 0.412 e. The lowest BCUT2D eigenvalue weighted by atomic mass is 10.0. The van der Waals surface area contributed by atoms with E-state index in [0.29, 0.717) is 6.61 Å². The van der Waals surface area contributed by atoms with Gasteiger partial charge in [0, 0.05) is 0 Å². The molecule has 2 rings (SSSR count). The molecule has 1 saturated heterocycles. The summed E-state index contributed by atoms with van der Waals surface area (Å²) < 4.78 is 16.3. The number of aryl methyl sites for hydroxylation is 1. The highest BCUT2D eigenvalue weighted by atomic mass is 16.6. The molecule has 0 unspecified atom stereocenters. The van der Waals surface area contributed by atoms with Crippen LogP contribution in [0.25, 0.3) is 0 Å². The molecular formula is C17H25NO4. The van der Waals surface area contributed by atoms with Gasteiger partial charge in [0.25, 0.3) is 0 Å². The third-order valence-electron chi connectivity index (χ3n) is 3.50. The predicted molar refractivity (Wildman–Crippen MR) is 85.7 cm³/mol. The average molecular weight is 307 g/mol. The van der Waals surface area contributed by atoms with Crippen LogP contribution in [0.5, 0.6) is 5.75 Å². The summed E-state index contributed by atoms with van der Waals surface area (Å²) in [6, 6.07) is 1.94. The molecule has 1 heterocycles. The van der Waals surface area contributed by atoms with Crippen LogP contribution in [0.15, 0.2) is 6.07 Å². The zero-order valence-electron chi connectivity index (χ0n) is 14.2. The summed E-state index contributed by atoms with van der Waals surface area (Å²) in [4.78, 5) is 12.0. The van der Waals surface area contributed by atoms with Crippen molar-refractivity contribution in [3.8, 4) is 5.75 Å². The van der Waals surface area contributed by atoms with Crippen LogP contribution in [0, 0.1) is 20.8 Å². The molecular weight excluding hydrogens is 282 g/mol. The van der Waals surface area contributed by atoms with Gasteiger partial charge in [0.15, 0.2) is 0 Å². The van der Waals surface area contributed by atoms with Crippen molar-refractivity contribution < 1.29 is 19.0 Å². The maximum atomic E-state index is 12.0. The number of anilines is 1. The minimum absolute atomic E-state index is 0.222. The monoisotopic (exact) mass is 307 g/mol. The number of hydrogen-bond acceptors (Lipinski definition) is 4. The Morgan fingerprint density at radius 1 is 1.32 bits per heavy atom. The van der Waals surface area contributed by atoms with Crippen molar-refractivity contribution in [3.63, 3.8) is 0 Å². The van der Waals surface area contributed by atoms with Gasteiger partial charge in [-0.3, -0.25) is 5.32 Å². The van der Waals surface area contributed by atoms with Gasteiger partial charge in [-0.1, -0.05) is 0 Å². The Kier molecular flexibility index (Phi) is 4.66. The van der Waals surface area contributed by atoms with E-state index in [9.17, 15) is 4.79 Å². The van der Waals surface area contributed by atoms with E-state index < -0.39 is 11.7 Å². The quantitative estimate of drug-likeness (QED) is 0.861. The van der Waals surface area contributed by atoms with Gasteiger partial charge in [0.1, 0.15) is 24.1 Å². The molecule has 5 nitrogen and oxygen atoms in total. The highest BCUT2D eigenvalue weighted by Crippen LogP contribution is 2.32. The normalized spacial score (nSPS) is 17.1. The fraction of sp³-hybridized carbons (Fsp3) is 0.588. The Morgan fingerprint density at radius 2 is 1.95 bits per heavy atom. The van der Waals surface area contributed by atoms with Gasteiger partial charge in [-0.25, -0.2) is 4.79 Å². The molecule has 0 spiro atoms. The molecule has 5 heteroatoms. The lowest BCUT2D eigenvalue weighted by Gasteiger charge is -2.22. The first kappa shape index (κ1) is 16.6. The molecule has 1 aliphatic rings. The van der Waals surface area contributed by atoms with Crippen molar-refractivity contribution >= 4 is 11.8 Å². The Bertz CT molecular complexity index is 571. The Balaban J connectivity index is 2.14. The second-order valence-electron chi connectivity index (χ2n) is 6.71. The topological polar surface area (TPSA) is 60.1 Å². The van der Waals surface area contributed by atoms with Gasteiger partial charge in [-0.2, -0.15) is 0 Å². The van der Waals surface area contributed by atoms with Gasteiger partial charge >= 0.3 is 6.09 Å². The summed E-state index contributed by atoms with van der Waals surface area (Å²) in [6.07, 6.45) is -0.224. The number of nitrogens with one attached hydrogen (secondary N) is 1. The van der Waals surface area contributed by atoms with Crippen LogP contribution in [0.3, 0.4) is 0 Å². The van der Waals surface area contributed by atoms with E-state index in [1.165, 1.54) is 0 Å². The fourth-order valence-corrected chi connectivity index (χ4v) is 2.14. The van der Waals surface area contributed by atoms with Gasteiger partial charge in [0.05, 0.1) is 12.3 Å². The molecule has 22 heavy (non-hydrogen) atoms. The summed E-state index contributed by atoms with van der Waals surface area (Å²) in [5, 5.41) is 2.84. The molecule has 1 atom stereocenters. The zero-order valence-corrected chi connectivity index (χ0v) is 14.2. The lowest BCUT2D eigenvalue weighted by Crippen LogP contribution is -2.27. The van der Waals surface area contributed by atoms with Crippen LogP contribution in [-0.4, -0.2) is 31.0 Å². The van der Waals surface area contributed by atoms with Gasteiger partial charge in [-0.15, -0.1) is 0 Å². The van der Waals surface area contributed by atoms with Crippen molar-refractivity contribution in [3.05, 3.63) is 22.8 Å². The first-order valence-corrected chi connectivity index (χ1v) is 7.52. The van der Waals surface area contributed by atoms with E-state index in [1.54, 1.807) is 0 Å². The van der Waals surface area contributed by atoms with Crippen molar-refractivity contribution in [1.82, 2.24) is 0 Å². The number of carbonyl (C=O) groups excluding carboxylic acids is 1. The summed E-state index contributed by atoms with van der Waals surface area (Å²) in [5.41, 5.74) is 3.20. The largest absolute Gasteiger partial charge is 0.490 e. The number of benzene rings is 1. The van der Waals surface area contributed by atoms with Crippen LogP contribution >= 0.6 is 0 Å². The van der Waals surface area contributed by atoms with Gasteiger partial charge in [-0.05, 0) is 64.3 Å². The summed E-state index contributed by atoms with van der Waals surface area (Å²) in [5.74, 6) is 0.834. The fourth-order valence-electron chi connectivity index (χ4n) is 2.14. The van der Waals surface area contributed by atoms with Gasteiger partial charge in [0.2, 0.25) is 0 Å². The molecule has 1 fully saturated rings. The number of hydrogen-bond donors (Lipinski definition) is 1. The van der Waals surface area contributed by atoms with Crippen LogP contribution in [0.4, 0.5) is 10.5 Å². The maximum absolute atomic E-state index is 12.0. The highest BCUT2D eigenvalue weighted by Gasteiger charge is 2.24. The first-order chi connectivity index (χ1) is 10.2. The van der Waals surface area contributed by atoms with E-state index >= 15 is 0 Å². The third kappa shape index (κ3) is 4.37. The second kappa shape index (κ2) is 6.16. The van der Waals surface area contributed by atoms with E-state index in [0.717, 1.165) is 34.7 Å². The average Bonchev–Trinajstić information content (AvgIpc) is 3.19. The Labute approximate surface area is 131 Å². The number of epoxide rings is 1. The van der Waals surface area contributed by atoms with E-state index in [-0.39, 0.29) is 6.10 Å². The minimum atomic E-state index is -0.520. The zero-order chi connectivity index (χ0) is 16.5. The lowest BCUT2D eigenvalue weighted by molar-refractivity contribution is 0.0635. The third-order valence-corrected chi connectivity index (χ3v) is 3.50. The molecule has 1 N–H and O–H groups in total. The summed E-state index contributed by atoms with van der Waals surface area (Å²) >= 11 is 0. The molecule has 122 valence electrons. The van der Waals surface area contributed by atoms with Crippen molar-refractivity contribution in [1.29, 1.82) is 0 Å². The van der Waals surface area contributed by atoms with Crippen molar-refractivity contribution in [2.24, 2.45) is 0 Å². The molecule has 1 aliphatic heterocycles. The number of ether oxygens (including phenoxy) is 3. The van der Waals surface area contributed by atoms with E-state index in [4.69, 9.17) is 14.2 Å². The van der Waals surface area contributed by atoms with Crippen molar-refractivity contribution in [2.45, 2.75) is 53.2 Å². The molecule has 0 bridgehead atoms. The SMILES string of the molecule is Cc1cc(OC[C@@H]2CO2)c(C)c(C)c1NC(=O)OC(C)(C)C. The molecule has 1 aromatic rings. The van der Waals surface area contributed by atoms with Crippen LogP contribution in [-0.2, 0) is 9.47 Å². The predicted octanol–water partition coefficient (Wildman–Crippen LogP) is 3.74. The number of amides is 1. The standard InChI is InChI=1S/C17H25NO4/c1-10-7-14(21-9-13-8-20-13)11(2)12(3)15(10)18-16(19)22-17(4,5)6/h7,13H,8-9H2,1-6H3,(H,18,19)/t13-/m0/s1. The Hall–Kier alpha value is -1.75. The van der Waals surface area contributed by atoms with Crippen LogP contribution in [0.1, 0.15) is 37.5 Å². The van der Waals surface area contributed by atoms with E-state index in [2.05, 4.69) is 5.32 Å². The molecule has 1 amide bonds. The summed E-state index contributed by atoms with van der Waals surface area (Å²) in [7, 11) is 0. The number of carbonyl (C=O) groups is 1. The van der Waals surface area contributed by atoms with Gasteiger partial charge < -0.3 is 14.2 Å². The van der Waals surface area contributed by atoms with E-state index in [1.807, 2.05) is 47.6 Å². The highest BCUT2D eigenvalue weighted by molar-refractivity contribution is 5.87. The number of rotatable bonds is 4. The first-order valence-electron chi connectivity index (χ1n) is 7.52. The van der Waals surface area contributed by atoms with Crippen LogP contribution in [0.2, 0.25) is 0 Å². The molecule has 0 aliphatic carbocycles. The molecule has 0 aromatic heterocycles. The molecule has 0 saturated carbocycles.